The van der Waals surface area contributed by atoms with E-state index in [1.54, 1.807) is 0 Å². The van der Waals surface area contributed by atoms with E-state index in [0.717, 1.165) is 30.2 Å². The average Bonchev–Trinajstić information content (AvgIpc) is 2.92. The molecule has 1 aromatic rings. The van der Waals surface area contributed by atoms with Gasteiger partial charge in [-0.15, -0.1) is 0 Å². The van der Waals surface area contributed by atoms with Crippen LogP contribution in [0.2, 0.25) is 5.02 Å². The number of hydrogen-bond donors (Lipinski definition) is 1. The van der Waals surface area contributed by atoms with Crippen molar-refractivity contribution in [3.63, 3.8) is 0 Å². The van der Waals surface area contributed by atoms with E-state index >= 15 is 0 Å². The van der Waals surface area contributed by atoms with Crippen molar-refractivity contribution < 1.29 is 0 Å². The fourth-order valence-corrected chi connectivity index (χ4v) is 3.65. The van der Waals surface area contributed by atoms with Gasteiger partial charge in [0.25, 0.3) is 0 Å². The Hall–Kier alpha value is -0.540. The Labute approximate surface area is 128 Å². The third kappa shape index (κ3) is 3.37. The predicted molar refractivity (Wildman–Crippen MR) is 85.4 cm³/mol. The van der Waals surface area contributed by atoms with Gasteiger partial charge in [-0.3, -0.25) is 4.68 Å². The smallest absolute Gasteiger partial charge is 0.0847 e. The van der Waals surface area contributed by atoms with Crippen LogP contribution in [0.25, 0.3) is 0 Å². The van der Waals surface area contributed by atoms with E-state index < -0.39 is 0 Å². The molecule has 0 saturated heterocycles. The summed E-state index contributed by atoms with van der Waals surface area (Å²) in [5.41, 5.74) is 2.55. The fraction of sp³-hybridized carbons (Fsp3) is 0.812. The number of nitrogens with one attached hydrogen (secondary N) is 1. The predicted octanol–water partition coefficient (Wildman–Crippen LogP) is 3.97. The Balaban J connectivity index is 2.06. The molecule has 0 aromatic carbocycles. The Morgan fingerprint density at radius 1 is 1.45 bits per heavy atom. The maximum atomic E-state index is 6.45. The van der Waals surface area contributed by atoms with Crippen LogP contribution in [0.5, 0.6) is 0 Å². The van der Waals surface area contributed by atoms with Crippen LogP contribution in [0.4, 0.5) is 0 Å². The van der Waals surface area contributed by atoms with Gasteiger partial charge in [0.15, 0.2) is 0 Å². The zero-order chi connectivity index (χ0) is 14.8. The Morgan fingerprint density at radius 3 is 2.85 bits per heavy atom. The second kappa shape index (κ2) is 6.48. The molecule has 0 bridgehead atoms. The van der Waals surface area contributed by atoms with Crippen LogP contribution in [0.1, 0.15) is 57.8 Å². The van der Waals surface area contributed by atoms with Gasteiger partial charge >= 0.3 is 0 Å². The van der Waals surface area contributed by atoms with Crippen molar-refractivity contribution in [2.75, 3.05) is 6.54 Å². The molecule has 4 heteroatoms. The lowest BCUT2D eigenvalue weighted by molar-refractivity contribution is 0.312. The Bertz CT molecular complexity index is 455. The minimum absolute atomic E-state index is 0.356. The third-order valence-corrected chi connectivity index (χ3v) is 5.06. The quantitative estimate of drug-likeness (QED) is 0.861. The summed E-state index contributed by atoms with van der Waals surface area (Å²) in [6, 6.07) is 0.679. The van der Waals surface area contributed by atoms with E-state index in [9.17, 15) is 0 Å². The molecule has 114 valence electrons. The van der Waals surface area contributed by atoms with E-state index in [-0.39, 0.29) is 0 Å². The Morgan fingerprint density at radius 2 is 2.20 bits per heavy atom. The zero-order valence-corrected chi connectivity index (χ0v) is 14.1. The van der Waals surface area contributed by atoms with Crippen LogP contribution in [-0.2, 0) is 13.0 Å². The SMILES string of the molecule is CCCNC1CCC(C)(Cc2c(Cl)c(C)nn2CC)C1. The normalized spacial score (nSPS) is 26.4. The molecule has 1 N–H and O–H groups in total. The van der Waals surface area contributed by atoms with Crippen molar-refractivity contribution in [2.24, 2.45) is 5.41 Å². The van der Waals surface area contributed by atoms with E-state index in [0.29, 0.717) is 11.5 Å². The highest BCUT2D eigenvalue weighted by molar-refractivity contribution is 6.31. The molecule has 2 rings (SSSR count). The summed E-state index contributed by atoms with van der Waals surface area (Å²) in [7, 11) is 0. The topological polar surface area (TPSA) is 29.9 Å². The van der Waals surface area contributed by atoms with Gasteiger partial charge in [-0.2, -0.15) is 5.10 Å². The second-order valence-electron chi connectivity index (χ2n) is 6.54. The number of rotatable bonds is 6. The molecule has 0 aliphatic heterocycles. The molecule has 1 aliphatic rings. The molecule has 0 spiro atoms. The molecule has 20 heavy (non-hydrogen) atoms. The van der Waals surface area contributed by atoms with Crippen LogP contribution in [0.3, 0.4) is 0 Å². The summed E-state index contributed by atoms with van der Waals surface area (Å²) >= 11 is 6.45. The number of halogens is 1. The summed E-state index contributed by atoms with van der Waals surface area (Å²) in [5, 5.41) is 9.08. The molecule has 1 aromatic heterocycles. The van der Waals surface area contributed by atoms with Crippen LogP contribution >= 0.6 is 11.6 Å². The number of aryl methyl sites for hydroxylation is 2. The molecule has 3 nitrogen and oxygen atoms in total. The van der Waals surface area contributed by atoms with Crippen molar-refractivity contribution >= 4 is 11.6 Å². The monoisotopic (exact) mass is 297 g/mol. The summed E-state index contributed by atoms with van der Waals surface area (Å²) in [5.74, 6) is 0. The number of aromatic nitrogens is 2. The maximum absolute atomic E-state index is 6.45. The highest BCUT2D eigenvalue weighted by atomic mass is 35.5. The average molecular weight is 298 g/mol. The minimum atomic E-state index is 0.356. The Kier molecular flexibility index (Phi) is 5.14. The van der Waals surface area contributed by atoms with E-state index in [4.69, 9.17) is 11.6 Å². The molecular formula is C16H28ClN3. The van der Waals surface area contributed by atoms with Crippen molar-refractivity contribution in [3.05, 3.63) is 16.4 Å². The summed E-state index contributed by atoms with van der Waals surface area (Å²) in [6.45, 7) is 10.8. The third-order valence-electron chi connectivity index (χ3n) is 4.57. The van der Waals surface area contributed by atoms with Gasteiger partial charge in [0, 0.05) is 12.6 Å². The molecule has 0 radical (unpaired) electrons. The van der Waals surface area contributed by atoms with Gasteiger partial charge in [-0.25, -0.2) is 0 Å². The van der Waals surface area contributed by atoms with E-state index in [1.807, 2.05) is 6.92 Å². The standard InChI is InChI=1S/C16H28ClN3/c1-5-9-18-13-7-8-16(4,10-13)11-14-15(17)12(3)19-20(14)6-2/h13,18H,5-11H2,1-4H3. The van der Waals surface area contributed by atoms with Crippen LogP contribution in [0, 0.1) is 12.3 Å². The molecule has 1 fully saturated rings. The van der Waals surface area contributed by atoms with Crippen molar-refractivity contribution in [2.45, 2.75) is 72.4 Å². The first-order chi connectivity index (χ1) is 9.49. The van der Waals surface area contributed by atoms with Gasteiger partial charge in [-0.05, 0) is 57.9 Å². The first kappa shape index (κ1) is 15.8. The molecule has 1 heterocycles. The summed E-state index contributed by atoms with van der Waals surface area (Å²) < 4.78 is 2.08. The molecule has 1 aliphatic carbocycles. The van der Waals surface area contributed by atoms with E-state index in [1.165, 1.54) is 31.4 Å². The number of hydrogen-bond acceptors (Lipinski definition) is 2. The van der Waals surface area contributed by atoms with Crippen molar-refractivity contribution in [3.8, 4) is 0 Å². The maximum Gasteiger partial charge on any atom is 0.0847 e. The molecule has 2 atom stereocenters. The molecular weight excluding hydrogens is 270 g/mol. The van der Waals surface area contributed by atoms with E-state index in [2.05, 4.69) is 35.9 Å². The van der Waals surface area contributed by atoms with Gasteiger partial charge < -0.3 is 5.32 Å². The van der Waals surface area contributed by atoms with Gasteiger partial charge in [-0.1, -0.05) is 25.4 Å². The zero-order valence-electron chi connectivity index (χ0n) is 13.3. The van der Waals surface area contributed by atoms with Crippen LogP contribution in [0.15, 0.2) is 0 Å². The van der Waals surface area contributed by atoms with Crippen LogP contribution < -0.4 is 5.32 Å². The molecule has 1 saturated carbocycles. The van der Waals surface area contributed by atoms with Gasteiger partial charge in [0.2, 0.25) is 0 Å². The fourth-order valence-electron chi connectivity index (χ4n) is 3.45. The molecule has 2 unspecified atom stereocenters. The number of nitrogens with zero attached hydrogens (tertiary/aromatic N) is 2. The largest absolute Gasteiger partial charge is 0.314 e. The lowest BCUT2D eigenvalue weighted by Gasteiger charge is -2.25. The van der Waals surface area contributed by atoms with Crippen LogP contribution in [-0.4, -0.2) is 22.4 Å². The lowest BCUT2D eigenvalue weighted by Crippen LogP contribution is -2.29. The van der Waals surface area contributed by atoms with Crippen molar-refractivity contribution in [1.29, 1.82) is 0 Å². The van der Waals surface area contributed by atoms with Gasteiger partial charge in [0.05, 0.1) is 16.4 Å². The lowest BCUT2D eigenvalue weighted by atomic mass is 9.83. The van der Waals surface area contributed by atoms with Crippen molar-refractivity contribution in [1.82, 2.24) is 15.1 Å². The molecule has 0 amide bonds. The summed E-state index contributed by atoms with van der Waals surface area (Å²) in [6.07, 6.45) is 6.06. The highest BCUT2D eigenvalue weighted by Crippen LogP contribution is 2.42. The van der Waals surface area contributed by atoms with Gasteiger partial charge in [0.1, 0.15) is 0 Å². The second-order valence-corrected chi connectivity index (χ2v) is 6.92. The summed E-state index contributed by atoms with van der Waals surface area (Å²) in [4.78, 5) is 0. The highest BCUT2D eigenvalue weighted by Gasteiger charge is 2.36. The first-order valence-corrected chi connectivity index (χ1v) is 8.32. The first-order valence-electron chi connectivity index (χ1n) is 7.94. The minimum Gasteiger partial charge on any atom is -0.314 e.